The van der Waals surface area contributed by atoms with Crippen LogP contribution in [0.25, 0.3) is 6.08 Å². The van der Waals surface area contributed by atoms with Crippen molar-refractivity contribution in [1.29, 1.82) is 0 Å². The van der Waals surface area contributed by atoms with Gasteiger partial charge in [-0.3, -0.25) is 4.79 Å². The van der Waals surface area contributed by atoms with Crippen molar-refractivity contribution < 1.29 is 27.4 Å². The summed E-state index contributed by atoms with van der Waals surface area (Å²) in [5, 5.41) is 0. The molecule has 116 valence electrons. The van der Waals surface area contributed by atoms with Crippen LogP contribution < -0.4 is 14.2 Å². The van der Waals surface area contributed by atoms with Crippen LogP contribution in [0, 0.1) is 0 Å². The fourth-order valence-electron chi connectivity index (χ4n) is 1.60. The number of halogens is 1. The molecule has 0 fully saturated rings. The Labute approximate surface area is 127 Å². The van der Waals surface area contributed by atoms with Crippen LogP contribution in [0.1, 0.15) is 5.56 Å². The predicted molar refractivity (Wildman–Crippen MR) is 79.8 cm³/mol. The van der Waals surface area contributed by atoms with Gasteiger partial charge < -0.3 is 14.2 Å². The first kappa shape index (κ1) is 17.3. The number of hydrogen-bond acceptors (Lipinski definition) is 6. The maximum atomic E-state index is 11.4. The van der Waals surface area contributed by atoms with E-state index in [0.29, 0.717) is 22.8 Å². The molecule has 0 aromatic heterocycles. The molecule has 0 saturated carbocycles. The molecule has 1 aromatic carbocycles. The molecule has 0 aliphatic heterocycles. The Morgan fingerprint density at radius 3 is 2.05 bits per heavy atom. The number of allylic oxidation sites excluding steroid dienone is 1. The van der Waals surface area contributed by atoms with Gasteiger partial charge in [0.1, 0.15) is 5.75 Å². The van der Waals surface area contributed by atoms with Crippen LogP contribution in [0.4, 0.5) is 0 Å². The first-order chi connectivity index (χ1) is 9.80. The van der Waals surface area contributed by atoms with Crippen molar-refractivity contribution in [2.45, 2.75) is 0 Å². The molecule has 0 spiro atoms. The Morgan fingerprint density at radius 1 is 1.14 bits per heavy atom. The molecule has 0 heterocycles. The molecule has 0 N–H and O–H groups in total. The number of hydrogen-bond donors (Lipinski definition) is 0. The van der Waals surface area contributed by atoms with Gasteiger partial charge in [-0.2, -0.15) is 0 Å². The van der Waals surface area contributed by atoms with Gasteiger partial charge in [0.15, 0.2) is 17.3 Å². The minimum atomic E-state index is -3.86. The lowest BCUT2D eigenvalue weighted by atomic mass is 10.1. The van der Waals surface area contributed by atoms with Crippen LogP contribution in [0.2, 0.25) is 0 Å². The number of ether oxygens (including phenoxy) is 3. The van der Waals surface area contributed by atoms with Crippen LogP contribution in [0.15, 0.2) is 18.2 Å². The van der Waals surface area contributed by atoms with Crippen molar-refractivity contribution in [1.82, 2.24) is 0 Å². The van der Waals surface area contributed by atoms with Gasteiger partial charge >= 0.3 is 0 Å². The summed E-state index contributed by atoms with van der Waals surface area (Å²) in [4.78, 5) is 11.4. The largest absolute Gasteiger partial charge is 0.493 e. The fraction of sp³-hybridized carbons (Fsp3) is 0.308. The molecule has 6 nitrogen and oxygen atoms in total. The number of ketones is 1. The minimum Gasteiger partial charge on any atom is -0.493 e. The molecule has 0 bridgehead atoms. The number of methoxy groups -OCH3 is 3. The van der Waals surface area contributed by atoms with Crippen LogP contribution in [-0.2, 0) is 13.8 Å². The standard InChI is InChI=1S/C13H15ClO6S/c1-18-11-6-9(7-12(19-2)13(11)20-3)4-5-10(15)8-21(14,16)17/h4-7H,8H2,1-3H3. The van der Waals surface area contributed by atoms with Gasteiger partial charge in [0, 0.05) is 10.7 Å². The van der Waals surface area contributed by atoms with Crippen molar-refractivity contribution in [2.75, 3.05) is 27.1 Å². The van der Waals surface area contributed by atoms with E-state index in [1.807, 2.05) is 0 Å². The number of carbonyl (C=O) groups is 1. The summed E-state index contributed by atoms with van der Waals surface area (Å²) < 4.78 is 37.1. The molecule has 8 heteroatoms. The van der Waals surface area contributed by atoms with E-state index in [1.165, 1.54) is 27.4 Å². The van der Waals surface area contributed by atoms with Crippen molar-refractivity contribution in [3.8, 4) is 17.2 Å². The smallest absolute Gasteiger partial charge is 0.240 e. The molecule has 0 atom stereocenters. The summed E-state index contributed by atoms with van der Waals surface area (Å²) in [5.41, 5.74) is 0.588. The van der Waals surface area contributed by atoms with E-state index >= 15 is 0 Å². The lowest BCUT2D eigenvalue weighted by Crippen LogP contribution is -2.07. The van der Waals surface area contributed by atoms with E-state index in [4.69, 9.17) is 24.9 Å². The monoisotopic (exact) mass is 334 g/mol. The average molecular weight is 335 g/mol. The van der Waals surface area contributed by atoms with Gasteiger partial charge in [-0.05, 0) is 23.8 Å². The molecule has 0 aliphatic rings. The highest BCUT2D eigenvalue weighted by molar-refractivity contribution is 8.14. The average Bonchev–Trinajstić information content (AvgIpc) is 2.41. The molecule has 0 unspecified atom stereocenters. The summed E-state index contributed by atoms with van der Waals surface area (Å²) in [5.74, 6) is -0.108. The van der Waals surface area contributed by atoms with Crippen molar-refractivity contribution in [2.24, 2.45) is 0 Å². The summed E-state index contributed by atoms with van der Waals surface area (Å²) in [6.45, 7) is 0. The van der Waals surface area contributed by atoms with Gasteiger partial charge in [-0.15, -0.1) is 0 Å². The topological polar surface area (TPSA) is 78.9 Å². The lowest BCUT2D eigenvalue weighted by molar-refractivity contribution is -0.112. The second-order valence-corrected chi connectivity index (χ2v) is 6.72. The third-order valence-corrected chi connectivity index (χ3v) is 3.42. The second-order valence-electron chi connectivity index (χ2n) is 3.94. The summed E-state index contributed by atoms with van der Waals surface area (Å²) in [7, 11) is 5.56. The third-order valence-electron chi connectivity index (χ3n) is 2.46. The molecule has 0 saturated heterocycles. The minimum absolute atomic E-state index is 0.423. The van der Waals surface area contributed by atoms with Gasteiger partial charge in [0.05, 0.1) is 21.3 Å². The van der Waals surface area contributed by atoms with Crippen LogP contribution in [0.3, 0.4) is 0 Å². The molecule has 0 radical (unpaired) electrons. The predicted octanol–water partition coefficient (Wildman–Crippen LogP) is 1.86. The van der Waals surface area contributed by atoms with Gasteiger partial charge in [-0.1, -0.05) is 6.08 Å². The van der Waals surface area contributed by atoms with Crippen molar-refractivity contribution in [3.63, 3.8) is 0 Å². The van der Waals surface area contributed by atoms with E-state index < -0.39 is 20.6 Å². The summed E-state index contributed by atoms with van der Waals surface area (Å²) >= 11 is 0. The lowest BCUT2D eigenvalue weighted by Gasteiger charge is -2.12. The Balaban J connectivity index is 3.06. The van der Waals surface area contributed by atoms with Gasteiger partial charge in [0.25, 0.3) is 0 Å². The van der Waals surface area contributed by atoms with Crippen molar-refractivity contribution >= 4 is 31.6 Å². The van der Waals surface area contributed by atoms with E-state index in [1.54, 1.807) is 12.1 Å². The molecular weight excluding hydrogens is 320 g/mol. The van der Waals surface area contributed by atoms with Gasteiger partial charge in [0.2, 0.25) is 14.8 Å². The highest BCUT2D eigenvalue weighted by Crippen LogP contribution is 2.38. The zero-order chi connectivity index (χ0) is 16.0. The Bertz CT molecular complexity index is 626. The maximum absolute atomic E-state index is 11.4. The van der Waals surface area contributed by atoms with E-state index in [9.17, 15) is 13.2 Å². The highest BCUT2D eigenvalue weighted by atomic mass is 35.7. The third kappa shape index (κ3) is 5.28. The van der Waals surface area contributed by atoms with Crippen LogP contribution in [0.5, 0.6) is 17.2 Å². The molecule has 1 aromatic rings. The summed E-state index contributed by atoms with van der Waals surface area (Å²) in [6, 6.07) is 3.25. The zero-order valence-corrected chi connectivity index (χ0v) is 13.3. The second kappa shape index (κ2) is 7.33. The Morgan fingerprint density at radius 2 is 1.67 bits per heavy atom. The first-order valence-corrected chi connectivity index (χ1v) is 8.21. The number of benzene rings is 1. The summed E-state index contributed by atoms with van der Waals surface area (Å²) in [6.07, 6.45) is 2.56. The Hall–Kier alpha value is -1.73. The number of carbonyl (C=O) groups excluding carboxylic acids is 1. The molecule has 0 aliphatic carbocycles. The SMILES string of the molecule is COc1cc(C=CC(=O)CS(=O)(=O)Cl)cc(OC)c1OC. The van der Waals surface area contributed by atoms with Crippen molar-refractivity contribution in [3.05, 3.63) is 23.8 Å². The highest BCUT2D eigenvalue weighted by Gasteiger charge is 2.13. The van der Waals surface area contributed by atoms with Gasteiger partial charge in [-0.25, -0.2) is 8.42 Å². The number of rotatable bonds is 7. The molecule has 0 amide bonds. The zero-order valence-electron chi connectivity index (χ0n) is 11.8. The fourth-order valence-corrected chi connectivity index (χ4v) is 2.36. The first-order valence-electron chi connectivity index (χ1n) is 5.74. The van der Waals surface area contributed by atoms with E-state index in [0.717, 1.165) is 6.08 Å². The van der Waals surface area contributed by atoms with Crippen LogP contribution >= 0.6 is 10.7 Å². The Kier molecular flexibility index (Phi) is 6.04. The molecule has 21 heavy (non-hydrogen) atoms. The molecule has 1 rings (SSSR count). The normalized spacial score (nSPS) is 11.4. The van der Waals surface area contributed by atoms with Crippen LogP contribution in [-0.4, -0.2) is 41.3 Å². The molecular formula is C13H15ClO6S. The van der Waals surface area contributed by atoms with E-state index in [2.05, 4.69) is 0 Å². The maximum Gasteiger partial charge on any atom is 0.240 e. The van der Waals surface area contributed by atoms with E-state index in [-0.39, 0.29) is 0 Å². The quantitative estimate of drug-likeness (QED) is 0.559.